The van der Waals surface area contributed by atoms with E-state index in [9.17, 15) is 22.4 Å². The van der Waals surface area contributed by atoms with Crippen LogP contribution in [0.1, 0.15) is 30.1 Å². The average molecular weight is 264 g/mol. The molecule has 0 saturated carbocycles. The molecule has 0 aromatic heterocycles. The largest absolute Gasteiger partial charge is 0.490 e. The first-order valence-electron chi connectivity index (χ1n) is 5.30. The van der Waals surface area contributed by atoms with Crippen molar-refractivity contribution >= 4 is 5.78 Å². The highest BCUT2D eigenvalue weighted by Crippen LogP contribution is 2.25. The lowest BCUT2D eigenvalue weighted by atomic mass is 10.1. The summed E-state index contributed by atoms with van der Waals surface area (Å²) in [6.07, 6.45) is -5.55. The molecular weight excluding hydrogens is 252 g/mol. The van der Waals surface area contributed by atoms with E-state index in [1.807, 2.05) is 0 Å². The maximum absolute atomic E-state index is 13.4. The minimum absolute atomic E-state index is 0.0296. The summed E-state index contributed by atoms with van der Waals surface area (Å²) >= 11 is 0. The molecule has 0 aliphatic carbocycles. The van der Waals surface area contributed by atoms with E-state index in [4.69, 9.17) is 4.74 Å². The Morgan fingerprint density at radius 3 is 2.56 bits per heavy atom. The molecule has 6 heteroatoms. The monoisotopic (exact) mass is 264 g/mol. The van der Waals surface area contributed by atoms with E-state index in [1.165, 1.54) is 19.1 Å². The fraction of sp³-hybridized carbons (Fsp3) is 0.417. The molecule has 0 heterocycles. The van der Waals surface area contributed by atoms with Gasteiger partial charge in [0.05, 0.1) is 12.2 Å². The van der Waals surface area contributed by atoms with E-state index in [-0.39, 0.29) is 24.3 Å². The molecule has 0 unspecified atom stereocenters. The van der Waals surface area contributed by atoms with Gasteiger partial charge in [-0.2, -0.15) is 13.2 Å². The van der Waals surface area contributed by atoms with Gasteiger partial charge in [0.1, 0.15) is 0 Å². The van der Waals surface area contributed by atoms with Crippen molar-refractivity contribution in [2.24, 2.45) is 0 Å². The summed E-state index contributed by atoms with van der Waals surface area (Å²) in [4.78, 5) is 11.2. The van der Waals surface area contributed by atoms with Gasteiger partial charge in [-0.25, -0.2) is 4.39 Å². The lowest BCUT2D eigenvalue weighted by Crippen LogP contribution is -2.11. The summed E-state index contributed by atoms with van der Waals surface area (Å²) in [6, 6.07) is 3.80. The van der Waals surface area contributed by atoms with Gasteiger partial charge in [-0.1, -0.05) is 6.07 Å². The zero-order chi connectivity index (χ0) is 13.8. The van der Waals surface area contributed by atoms with Crippen molar-refractivity contribution < 1.29 is 27.1 Å². The minimum atomic E-state index is -4.26. The third kappa shape index (κ3) is 4.35. The summed E-state index contributed by atoms with van der Waals surface area (Å²) in [5, 5.41) is 0. The second-order valence-electron chi connectivity index (χ2n) is 3.74. The first-order valence-corrected chi connectivity index (χ1v) is 5.30. The fourth-order valence-electron chi connectivity index (χ4n) is 1.38. The van der Waals surface area contributed by atoms with E-state index in [0.29, 0.717) is 0 Å². The molecular formula is C12H12F4O2. The van der Waals surface area contributed by atoms with Crippen LogP contribution in [0.15, 0.2) is 18.2 Å². The Kier molecular flexibility index (Phi) is 4.69. The molecule has 0 atom stereocenters. The Morgan fingerprint density at radius 1 is 1.33 bits per heavy atom. The number of carbonyl (C=O) groups excluding carboxylic acids is 1. The Labute approximate surface area is 102 Å². The molecule has 0 bridgehead atoms. The van der Waals surface area contributed by atoms with Crippen LogP contribution >= 0.6 is 0 Å². The van der Waals surface area contributed by atoms with Crippen LogP contribution in [-0.4, -0.2) is 18.6 Å². The van der Waals surface area contributed by atoms with E-state index in [2.05, 4.69) is 0 Å². The summed E-state index contributed by atoms with van der Waals surface area (Å²) < 4.78 is 54.0. The van der Waals surface area contributed by atoms with E-state index in [0.717, 1.165) is 6.07 Å². The average Bonchev–Trinajstić information content (AvgIpc) is 2.24. The standard InChI is InChI=1S/C12H12F4O2/c1-8(17)9-4-2-5-10(13)11(9)18-7-3-6-12(14,15)16/h2,4-5H,3,6-7H2,1H3. The fourth-order valence-corrected chi connectivity index (χ4v) is 1.38. The number of para-hydroxylation sites is 1. The second-order valence-corrected chi connectivity index (χ2v) is 3.74. The molecule has 0 fully saturated rings. The third-order valence-electron chi connectivity index (χ3n) is 2.20. The quantitative estimate of drug-likeness (QED) is 0.460. The minimum Gasteiger partial charge on any atom is -0.490 e. The van der Waals surface area contributed by atoms with Gasteiger partial charge >= 0.3 is 6.18 Å². The van der Waals surface area contributed by atoms with Crippen LogP contribution in [0.25, 0.3) is 0 Å². The molecule has 0 aliphatic heterocycles. The van der Waals surface area contributed by atoms with E-state index in [1.54, 1.807) is 0 Å². The van der Waals surface area contributed by atoms with Crippen molar-refractivity contribution in [3.8, 4) is 5.75 Å². The van der Waals surface area contributed by atoms with Crippen LogP contribution in [0.5, 0.6) is 5.75 Å². The molecule has 1 aromatic rings. The van der Waals surface area contributed by atoms with Gasteiger partial charge in [0.15, 0.2) is 17.3 Å². The molecule has 0 radical (unpaired) electrons. The summed E-state index contributed by atoms with van der Waals surface area (Å²) in [5.74, 6) is -1.44. The predicted octanol–water partition coefficient (Wildman–Crippen LogP) is 3.75. The van der Waals surface area contributed by atoms with Crippen molar-refractivity contribution in [3.63, 3.8) is 0 Å². The topological polar surface area (TPSA) is 26.3 Å². The van der Waals surface area contributed by atoms with Crippen molar-refractivity contribution in [2.75, 3.05) is 6.61 Å². The highest BCUT2D eigenvalue weighted by Gasteiger charge is 2.26. The van der Waals surface area contributed by atoms with Gasteiger partial charge in [0.25, 0.3) is 0 Å². The Morgan fingerprint density at radius 2 is 2.00 bits per heavy atom. The second kappa shape index (κ2) is 5.84. The molecule has 100 valence electrons. The number of halogens is 4. The maximum Gasteiger partial charge on any atom is 0.389 e. The number of Topliss-reactive ketones (excluding diaryl/α,β-unsaturated/α-hetero) is 1. The lowest BCUT2D eigenvalue weighted by molar-refractivity contribution is -0.136. The Bertz CT molecular complexity index is 427. The summed E-state index contributed by atoms with van der Waals surface area (Å²) in [7, 11) is 0. The molecule has 18 heavy (non-hydrogen) atoms. The Hall–Kier alpha value is -1.59. The third-order valence-corrected chi connectivity index (χ3v) is 2.20. The van der Waals surface area contributed by atoms with Crippen LogP contribution < -0.4 is 4.74 Å². The van der Waals surface area contributed by atoms with Gasteiger partial charge in [0, 0.05) is 6.42 Å². The highest BCUT2D eigenvalue weighted by atomic mass is 19.4. The number of ether oxygens (including phenoxy) is 1. The predicted molar refractivity (Wildman–Crippen MR) is 57.2 cm³/mol. The summed E-state index contributed by atoms with van der Waals surface area (Å²) in [6.45, 7) is 0.943. The first kappa shape index (κ1) is 14.5. The molecule has 2 nitrogen and oxygen atoms in total. The van der Waals surface area contributed by atoms with Crippen LogP contribution in [0, 0.1) is 5.82 Å². The normalized spacial score (nSPS) is 11.4. The van der Waals surface area contributed by atoms with Gasteiger partial charge in [-0.15, -0.1) is 0 Å². The van der Waals surface area contributed by atoms with E-state index < -0.39 is 24.2 Å². The molecule has 1 rings (SSSR count). The van der Waals surface area contributed by atoms with Crippen LogP contribution in [0.4, 0.5) is 17.6 Å². The first-order chi connectivity index (χ1) is 8.31. The van der Waals surface area contributed by atoms with Crippen LogP contribution in [0.2, 0.25) is 0 Å². The molecule has 0 N–H and O–H groups in total. The maximum atomic E-state index is 13.4. The van der Waals surface area contributed by atoms with Crippen molar-refractivity contribution in [2.45, 2.75) is 25.9 Å². The van der Waals surface area contributed by atoms with Crippen molar-refractivity contribution in [1.82, 2.24) is 0 Å². The zero-order valence-electron chi connectivity index (χ0n) is 9.68. The smallest absolute Gasteiger partial charge is 0.389 e. The molecule has 0 aliphatic rings. The van der Waals surface area contributed by atoms with Gasteiger partial charge in [-0.05, 0) is 25.5 Å². The number of carbonyl (C=O) groups is 1. The Balaban J connectivity index is 2.64. The summed E-state index contributed by atoms with van der Waals surface area (Å²) in [5.41, 5.74) is 0.0296. The number of hydrogen-bond donors (Lipinski definition) is 0. The van der Waals surface area contributed by atoms with Crippen LogP contribution in [-0.2, 0) is 0 Å². The number of ketones is 1. The number of rotatable bonds is 5. The lowest BCUT2D eigenvalue weighted by Gasteiger charge is -2.11. The number of benzene rings is 1. The van der Waals surface area contributed by atoms with Crippen LogP contribution in [0.3, 0.4) is 0 Å². The van der Waals surface area contributed by atoms with Crippen molar-refractivity contribution in [3.05, 3.63) is 29.6 Å². The molecule has 0 saturated heterocycles. The molecule has 0 amide bonds. The molecule has 1 aromatic carbocycles. The van der Waals surface area contributed by atoms with E-state index >= 15 is 0 Å². The highest BCUT2D eigenvalue weighted by molar-refractivity contribution is 5.96. The van der Waals surface area contributed by atoms with Crippen molar-refractivity contribution in [1.29, 1.82) is 0 Å². The van der Waals surface area contributed by atoms with Gasteiger partial charge in [-0.3, -0.25) is 4.79 Å². The number of alkyl halides is 3. The molecule has 0 spiro atoms. The number of hydrogen-bond acceptors (Lipinski definition) is 2. The van der Waals surface area contributed by atoms with Gasteiger partial charge < -0.3 is 4.74 Å². The van der Waals surface area contributed by atoms with Gasteiger partial charge in [0.2, 0.25) is 0 Å². The SMILES string of the molecule is CC(=O)c1cccc(F)c1OCCCC(F)(F)F. The zero-order valence-corrected chi connectivity index (χ0v) is 9.68.